The molecule has 5 nitrogen and oxygen atoms in total. The Labute approximate surface area is 161 Å². The second-order valence-electron chi connectivity index (χ2n) is 6.14. The third-order valence-corrected chi connectivity index (χ3v) is 5.04. The fourth-order valence-corrected chi connectivity index (χ4v) is 3.42. The van der Waals surface area contributed by atoms with Crippen molar-refractivity contribution in [2.24, 2.45) is 0 Å². The number of aryl methyl sites for hydroxylation is 1. The first-order chi connectivity index (χ1) is 13.2. The van der Waals surface area contributed by atoms with E-state index in [1.165, 1.54) is 0 Å². The number of hydrogen-bond donors (Lipinski definition) is 1. The van der Waals surface area contributed by atoms with Gasteiger partial charge in [-0.1, -0.05) is 29.8 Å². The quantitative estimate of drug-likeness (QED) is 0.569. The summed E-state index contributed by atoms with van der Waals surface area (Å²) in [6, 6.07) is 19.4. The molecule has 6 heteroatoms. The van der Waals surface area contributed by atoms with Crippen LogP contribution in [0.1, 0.15) is 21.7 Å². The molecule has 27 heavy (non-hydrogen) atoms. The zero-order chi connectivity index (χ0) is 18.6. The lowest BCUT2D eigenvalue weighted by Gasteiger charge is -2.08. The topological polar surface area (TPSA) is 59.8 Å². The summed E-state index contributed by atoms with van der Waals surface area (Å²) >= 11 is 1.60. The molecule has 4 aromatic rings. The molecule has 3 aromatic heterocycles. The first kappa shape index (κ1) is 17.2. The molecule has 0 saturated carbocycles. The Balaban J connectivity index is 1.67. The maximum Gasteiger partial charge on any atom is 0.270 e. The van der Waals surface area contributed by atoms with Gasteiger partial charge in [-0.2, -0.15) is 5.10 Å². The van der Waals surface area contributed by atoms with E-state index in [1.54, 1.807) is 22.2 Å². The number of carbonyl (C=O) groups excluding carboxylic acids is 1. The van der Waals surface area contributed by atoms with E-state index in [9.17, 15) is 4.79 Å². The van der Waals surface area contributed by atoms with Crippen LogP contribution in [0.3, 0.4) is 0 Å². The van der Waals surface area contributed by atoms with E-state index in [1.807, 2.05) is 73.0 Å². The second-order valence-corrected chi connectivity index (χ2v) is 7.09. The van der Waals surface area contributed by atoms with Crippen LogP contribution in [0.5, 0.6) is 0 Å². The molecule has 0 atom stereocenters. The van der Waals surface area contributed by atoms with Crippen molar-refractivity contribution < 1.29 is 4.79 Å². The molecule has 0 bridgehead atoms. The van der Waals surface area contributed by atoms with Gasteiger partial charge in [0.05, 0.1) is 22.8 Å². The molecular weight excluding hydrogens is 356 g/mol. The largest absolute Gasteiger partial charge is 0.345 e. The van der Waals surface area contributed by atoms with Gasteiger partial charge in [0.2, 0.25) is 0 Å². The average Bonchev–Trinajstić information content (AvgIpc) is 3.37. The highest BCUT2D eigenvalue weighted by Gasteiger charge is 2.18. The Morgan fingerprint density at radius 3 is 2.67 bits per heavy atom. The van der Waals surface area contributed by atoms with Crippen LogP contribution in [0, 0.1) is 6.92 Å². The van der Waals surface area contributed by atoms with Crippen LogP contribution in [-0.2, 0) is 6.54 Å². The minimum atomic E-state index is -0.184. The van der Waals surface area contributed by atoms with Crippen LogP contribution in [0.15, 0.2) is 72.2 Å². The third kappa shape index (κ3) is 3.80. The maximum atomic E-state index is 12.9. The molecule has 1 N–H and O–H groups in total. The highest BCUT2D eigenvalue weighted by Crippen LogP contribution is 2.26. The van der Waals surface area contributed by atoms with E-state index < -0.39 is 0 Å². The standard InChI is InChI=1S/C21H18N4OS/c1-15-7-9-17(10-8-15)25-19(13-18(24-25)20-6-4-12-27-20)21(26)23-14-16-5-2-3-11-22-16/h2-13H,14H2,1H3,(H,23,26). The van der Waals surface area contributed by atoms with Crippen molar-refractivity contribution in [3.63, 3.8) is 0 Å². The summed E-state index contributed by atoms with van der Waals surface area (Å²) in [6.45, 7) is 2.40. The predicted octanol–water partition coefficient (Wildman–Crippen LogP) is 4.23. The number of nitrogens with one attached hydrogen (secondary N) is 1. The molecular formula is C21H18N4OS. The lowest BCUT2D eigenvalue weighted by atomic mass is 10.2. The van der Waals surface area contributed by atoms with E-state index in [4.69, 9.17) is 0 Å². The molecule has 0 aliphatic carbocycles. The van der Waals surface area contributed by atoms with Crippen molar-refractivity contribution in [1.29, 1.82) is 0 Å². The molecule has 1 amide bonds. The van der Waals surface area contributed by atoms with E-state index in [2.05, 4.69) is 15.4 Å². The van der Waals surface area contributed by atoms with Crippen molar-refractivity contribution in [1.82, 2.24) is 20.1 Å². The van der Waals surface area contributed by atoms with Crippen LogP contribution in [0.25, 0.3) is 16.3 Å². The van der Waals surface area contributed by atoms with Gasteiger partial charge in [-0.05, 0) is 48.7 Å². The minimum absolute atomic E-state index is 0.184. The number of carbonyl (C=O) groups is 1. The van der Waals surface area contributed by atoms with E-state index in [-0.39, 0.29) is 5.91 Å². The van der Waals surface area contributed by atoms with Crippen LogP contribution in [0.2, 0.25) is 0 Å². The van der Waals surface area contributed by atoms with Gasteiger partial charge >= 0.3 is 0 Å². The first-order valence-corrected chi connectivity index (χ1v) is 9.48. The SMILES string of the molecule is Cc1ccc(-n2nc(-c3cccs3)cc2C(=O)NCc2ccccn2)cc1. The van der Waals surface area contributed by atoms with Crippen LogP contribution in [0.4, 0.5) is 0 Å². The van der Waals surface area contributed by atoms with Crippen molar-refractivity contribution in [3.05, 3.63) is 89.2 Å². The predicted molar refractivity (Wildman–Crippen MR) is 107 cm³/mol. The van der Waals surface area contributed by atoms with E-state index in [0.29, 0.717) is 12.2 Å². The lowest BCUT2D eigenvalue weighted by Crippen LogP contribution is -2.25. The van der Waals surface area contributed by atoms with Gasteiger partial charge in [-0.3, -0.25) is 9.78 Å². The van der Waals surface area contributed by atoms with Crippen LogP contribution < -0.4 is 5.32 Å². The fraction of sp³-hybridized carbons (Fsp3) is 0.0952. The Morgan fingerprint density at radius 1 is 1.11 bits per heavy atom. The smallest absolute Gasteiger partial charge is 0.270 e. The summed E-state index contributed by atoms with van der Waals surface area (Å²) in [5, 5.41) is 9.62. The molecule has 0 fully saturated rings. The maximum absolute atomic E-state index is 12.9. The Morgan fingerprint density at radius 2 is 1.96 bits per heavy atom. The third-order valence-electron chi connectivity index (χ3n) is 4.15. The van der Waals surface area contributed by atoms with Crippen molar-refractivity contribution in [2.75, 3.05) is 0 Å². The second kappa shape index (κ2) is 7.55. The van der Waals surface area contributed by atoms with Crippen molar-refractivity contribution in [3.8, 4) is 16.3 Å². The van der Waals surface area contributed by atoms with E-state index in [0.717, 1.165) is 27.5 Å². The number of aromatic nitrogens is 3. The molecule has 0 aliphatic rings. The molecule has 0 spiro atoms. The first-order valence-electron chi connectivity index (χ1n) is 8.60. The molecule has 4 rings (SSSR count). The van der Waals surface area contributed by atoms with Crippen molar-refractivity contribution in [2.45, 2.75) is 13.5 Å². The molecule has 0 unspecified atom stereocenters. The van der Waals surface area contributed by atoms with Crippen LogP contribution in [-0.4, -0.2) is 20.7 Å². The zero-order valence-electron chi connectivity index (χ0n) is 14.8. The summed E-state index contributed by atoms with van der Waals surface area (Å²) in [4.78, 5) is 18.1. The summed E-state index contributed by atoms with van der Waals surface area (Å²) < 4.78 is 1.70. The van der Waals surface area contributed by atoms with E-state index >= 15 is 0 Å². The summed E-state index contributed by atoms with van der Waals surface area (Å²) in [7, 11) is 0. The average molecular weight is 374 g/mol. The van der Waals surface area contributed by atoms with Gasteiger partial charge in [0.25, 0.3) is 5.91 Å². The minimum Gasteiger partial charge on any atom is -0.345 e. The highest BCUT2D eigenvalue weighted by atomic mass is 32.1. The number of rotatable bonds is 5. The fourth-order valence-electron chi connectivity index (χ4n) is 2.73. The molecule has 3 heterocycles. The molecule has 0 radical (unpaired) electrons. The lowest BCUT2D eigenvalue weighted by molar-refractivity contribution is 0.0942. The van der Waals surface area contributed by atoms with Crippen LogP contribution >= 0.6 is 11.3 Å². The summed E-state index contributed by atoms with van der Waals surface area (Å²) in [6.07, 6.45) is 1.72. The monoisotopic (exact) mass is 374 g/mol. The van der Waals surface area contributed by atoms with Gasteiger partial charge < -0.3 is 5.32 Å². The Hall–Kier alpha value is -3.25. The van der Waals surface area contributed by atoms with Crippen molar-refractivity contribution >= 4 is 17.2 Å². The molecule has 134 valence electrons. The zero-order valence-corrected chi connectivity index (χ0v) is 15.6. The normalized spacial score (nSPS) is 10.7. The molecule has 0 saturated heterocycles. The van der Waals surface area contributed by atoms with Gasteiger partial charge in [-0.15, -0.1) is 11.3 Å². The highest BCUT2D eigenvalue weighted by molar-refractivity contribution is 7.13. The number of nitrogens with zero attached hydrogens (tertiary/aromatic N) is 3. The summed E-state index contributed by atoms with van der Waals surface area (Å²) in [5.41, 5.74) is 4.11. The molecule has 0 aliphatic heterocycles. The number of benzene rings is 1. The summed E-state index contributed by atoms with van der Waals surface area (Å²) in [5.74, 6) is -0.184. The Bertz CT molecular complexity index is 1040. The molecule has 1 aromatic carbocycles. The number of thiophene rings is 1. The number of hydrogen-bond acceptors (Lipinski definition) is 4. The van der Waals surface area contributed by atoms with Gasteiger partial charge in [0, 0.05) is 6.20 Å². The van der Waals surface area contributed by atoms with Gasteiger partial charge in [-0.25, -0.2) is 4.68 Å². The number of amides is 1. The van der Waals surface area contributed by atoms with Gasteiger partial charge in [0.15, 0.2) is 0 Å². The Kier molecular flexibility index (Phi) is 4.80. The van der Waals surface area contributed by atoms with Gasteiger partial charge in [0.1, 0.15) is 11.4 Å². The number of pyridine rings is 1.